The third kappa shape index (κ3) is 3.23. The minimum absolute atomic E-state index is 0.00958. The Kier molecular flexibility index (Phi) is 3.93. The fourth-order valence-electron chi connectivity index (χ4n) is 2.16. The number of halogens is 3. The van der Waals surface area contributed by atoms with Gasteiger partial charge >= 0.3 is 12.1 Å². The lowest BCUT2D eigenvalue weighted by atomic mass is 9.95. The largest absolute Gasteiger partial charge is 0.471 e. The smallest absolute Gasteiger partial charge is 0.326 e. The molecule has 1 heterocycles. The number of carbonyl (C=O) groups excluding carboxylic acids is 2. The van der Waals surface area contributed by atoms with Gasteiger partial charge < -0.3 is 10.2 Å². The summed E-state index contributed by atoms with van der Waals surface area (Å²) in [5.41, 5.74) is 0.803. The average Bonchev–Trinajstić information content (AvgIpc) is 2.78. The number of nitrogens with zero attached hydrogens (tertiary/aromatic N) is 1. The molecule has 0 radical (unpaired) electrons. The summed E-state index contributed by atoms with van der Waals surface area (Å²) in [5.74, 6) is -2.05. The fraction of sp³-hybridized carbons (Fsp3) is 0.467. The number of fused-ring (bicyclic) bond motifs is 1. The topological polar surface area (TPSA) is 49.4 Å². The number of rotatable bonds is 1. The van der Waals surface area contributed by atoms with E-state index in [-0.39, 0.29) is 18.1 Å². The summed E-state index contributed by atoms with van der Waals surface area (Å²) in [4.78, 5) is 24.0. The molecule has 1 aliphatic heterocycles. The number of nitrogens with one attached hydrogen (secondary N) is 1. The summed E-state index contributed by atoms with van der Waals surface area (Å²) < 4.78 is 37.6. The van der Waals surface area contributed by atoms with E-state index < -0.39 is 17.5 Å². The molecule has 0 fully saturated rings. The van der Waals surface area contributed by atoms with Gasteiger partial charge in [-0.05, 0) is 30.2 Å². The van der Waals surface area contributed by atoms with Crippen LogP contribution in [0.3, 0.4) is 0 Å². The van der Waals surface area contributed by atoms with Gasteiger partial charge in [0.1, 0.15) is 0 Å². The number of amides is 2. The Morgan fingerprint density at radius 2 is 1.82 bits per heavy atom. The van der Waals surface area contributed by atoms with Crippen molar-refractivity contribution < 1.29 is 22.8 Å². The van der Waals surface area contributed by atoms with E-state index in [0.717, 1.165) is 4.90 Å². The van der Waals surface area contributed by atoms with Gasteiger partial charge in [-0.2, -0.15) is 13.2 Å². The molecule has 22 heavy (non-hydrogen) atoms. The van der Waals surface area contributed by atoms with Crippen LogP contribution in [0.5, 0.6) is 0 Å². The van der Waals surface area contributed by atoms with E-state index in [4.69, 9.17) is 0 Å². The number of benzene rings is 1. The maximum Gasteiger partial charge on any atom is 0.471 e. The second kappa shape index (κ2) is 5.30. The molecule has 1 aliphatic rings. The molecule has 0 bridgehead atoms. The van der Waals surface area contributed by atoms with Crippen LogP contribution in [0.25, 0.3) is 0 Å². The molecule has 0 spiro atoms. The van der Waals surface area contributed by atoms with Crippen molar-refractivity contribution in [3.8, 4) is 0 Å². The Hall–Kier alpha value is -2.05. The molecule has 120 valence electrons. The van der Waals surface area contributed by atoms with Crippen LogP contribution in [0.4, 0.5) is 24.5 Å². The average molecular weight is 314 g/mol. The number of alkyl halides is 3. The standard InChI is InChI=1S/C15H17F3N2O2/c1-14(2,3)12(21)19-10-4-5-11-9(8-10)6-7-20(11)13(22)15(16,17)18/h4-5,8H,6-7H2,1-3H3,(H,19,21). The van der Waals surface area contributed by atoms with E-state index in [9.17, 15) is 22.8 Å². The highest BCUT2D eigenvalue weighted by Crippen LogP contribution is 2.33. The maximum absolute atomic E-state index is 12.5. The summed E-state index contributed by atoms with van der Waals surface area (Å²) in [7, 11) is 0. The quantitative estimate of drug-likeness (QED) is 0.866. The van der Waals surface area contributed by atoms with Crippen LogP contribution in [0.1, 0.15) is 26.3 Å². The zero-order valence-electron chi connectivity index (χ0n) is 12.5. The van der Waals surface area contributed by atoms with E-state index in [1.165, 1.54) is 12.1 Å². The molecule has 7 heteroatoms. The van der Waals surface area contributed by atoms with Crippen LogP contribution in [0.2, 0.25) is 0 Å². The molecular weight excluding hydrogens is 297 g/mol. The fourth-order valence-corrected chi connectivity index (χ4v) is 2.16. The van der Waals surface area contributed by atoms with E-state index in [1.54, 1.807) is 26.8 Å². The van der Waals surface area contributed by atoms with Crippen molar-refractivity contribution in [2.45, 2.75) is 33.4 Å². The summed E-state index contributed by atoms with van der Waals surface area (Å²) in [5, 5.41) is 2.72. The summed E-state index contributed by atoms with van der Waals surface area (Å²) in [6, 6.07) is 4.55. The Balaban J connectivity index is 2.21. The highest BCUT2D eigenvalue weighted by atomic mass is 19.4. The van der Waals surface area contributed by atoms with Crippen LogP contribution < -0.4 is 10.2 Å². The van der Waals surface area contributed by atoms with Crippen molar-refractivity contribution >= 4 is 23.2 Å². The van der Waals surface area contributed by atoms with Crippen molar-refractivity contribution in [2.24, 2.45) is 5.41 Å². The predicted molar refractivity (Wildman–Crippen MR) is 76.6 cm³/mol. The number of anilines is 2. The first kappa shape index (κ1) is 16.3. The molecule has 1 N–H and O–H groups in total. The summed E-state index contributed by atoms with van der Waals surface area (Å²) in [6.07, 6.45) is -4.56. The van der Waals surface area contributed by atoms with E-state index >= 15 is 0 Å². The van der Waals surface area contributed by atoms with Gasteiger partial charge in [0, 0.05) is 23.3 Å². The predicted octanol–water partition coefficient (Wildman–Crippen LogP) is 3.12. The van der Waals surface area contributed by atoms with Crippen LogP contribution in [0.15, 0.2) is 18.2 Å². The van der Waals surface area contributed by atoms with Gasteiger partial charge in [0.05, 0.1) is 0 Å². The summed E-state index contributed by atoms with van der Waals surface area (Å²) >= 11 is 0. The third-order valence-corrected chi connectivity index (χ3v) is 3.40. The molecule has 0 unspecified atom stereocenters. The van der Waals surface area contributed by atoms with E-state index in [1.807, 2.05) is 0 Å². The third-order valence-electron chi connectivity index (χ3n) is 3.40. The Labute approximate surface area is 126 Å². The molecule has 0 saturated heterocycles. The molecule has 1 aromatic carbocycles. The van der Waals surface area contributed by atoms with Crippen molar-refractivity contribution in [2.75, 3.05) is 16.8 Å². The lowest BCUT2D eigenvalue weighted by Gasteiger charge is -2.20. The minimum atomic E-state index is -4.89. The van der Waals surface area contributed by atoms with Gasteiger partial charge in [-0.3, -0.25) is 9.59 Å². The van der Waals surface area contributed by atoms with Crippen LogP contribution in [-0.4, -0.2) is 24.5 Å². The van der Waals surface area contributed by atoms with Crippen molar-refractivity contribution in [1.29, 1.82) is 0 Å². The Morgan fingerprint density at radius 3 is 2.36 bits per heavy atom. The highest BCUT2D eigenvalue weighted by Gasteiger charge is 2.44. The number of hydrogen-bond acceptors (Lipinski definition) is 2. The molecule has 0 saturated carbocycles. The molecule has 1 aromatic rings. The molecule has 2 amide bonds. The normalized spacial score (nSPS) is 14.7. The second-order valence-electron chi connectivity index (χ2n) is 6.25. The minimum Gasteiger partial charge on any atom is -0.326 e. The van der Waals surface area contributed by atoms with E-state index in [2.05, 4.69) is 5.32 Å². The molecule has 2 rings (SSSR count). The molecule has 0 aromatic heterocycles. The van der Waals surface area contributed by atoms with Gasteiger partial charge in [-0.15, -0.1) is 0 Å². The van der Waals surface area contributed by atoms with Gasteiger partial charge in [0.25, 0.3) is 0 Å². The number of hydrogen-bond donors (Lipinski definition) is 1. The second-order valence-corrected chi connectivity index (χ2v) is 6.25. The first-order valence-electron chi connectivity index (χ1n) is 6.83. The number of carbonyl (C=O) groups is 2. The van der Waals surface area contributed by atoms with Crippen LogP contribution >= 0.6 is 0 Å². The summed E-state index contributed by atoms with van der Waals surface area (Å²) in [6.45, 7) is 5.28. The monoisotopic (exact) mass is 314 g/mol. The Morgan fingerprint density at radius 1 is 1.18 bits per heavy atom. The molecule has 0 aliphatic carbocycles. The van der Waals surface area contributed by atoms with Crippen LogP contribution in [-0.2, 0) is 16.0 Å². The maximum atomic E-state index is 12.5. The van der Waals surface area contributed by atoms with Crippen LogP contribution in [0, 0.1) is 5.41 Å². The van der Waals surface area contributed by atoms with Gasteiger partial charge in [-0.25, -0.2) is 0 Å². The van der Waals surface area contributed by atoms with Crippen molar-refractivity contribution in [3.63, 3.8) is 0 Å². The first-order chi connectivity index (χ1) is 10.00. The van der Waals surface area contributed by atoms with Gasteiger partial charge in [-0.1, -0.05) is 20.8 Å². The SMILES string of the molecule is CC(C)(C)C(=O)Nc1ccc2c(c1)CCN2C(=O)C(F)(F)F. The highest BCUT2D eigenvalue weighted by molar-refractivity contribution is 6.00. The lowest BCUT2D eigenvalue weighted by molar-refractivity contribution is -0.170. The lowest BCUT2D eigenvalue weighted by Crippen LogP contribution is -2.40. The zero-order valence-corrected chi connectivity index (χ0v) is 12.5. The van der Waals surface area contributed by atoms with Gasteiger partial charge in [0.2, 0.25) is 5.91 Å². The first-order valence-corrected chi connectivity index (χ1v) is 6.83. The molecular formula is C15H17F3N2O2. The molecule has 0 atom stereocenters. The van der Waals surface area contributed by atoms with Crippen molar-refractivity contribution in [3.05, 3.63) is 23.8 Å². The zero-order chi connectivity index (χ0) is 16.7. The van der Waals surface area contributed by atoms with Crippen molar-refractivity contribution in [1.82, 2.24) is 0 Å². The van der Waals surface area contributed by atoms with Gasteiger partial charge in [0.15, 0.2) is 0 Å². The Bertz CT molecular complexity index is 618. The van der Waals surface area contributed by atoms with E-state index in [0.29, 0.717) is 17.7 Å². The molecule has 4 nitrogen and oxygen atoms in total.